The van der Waals surface area contributed by atoms with Crippen molar-refractivity contribution in [3.63, 3.8) is 0 Å². The topological polar surface area (TPSA) is 76.3 Å². The number of halogens is 1. The van der Waals surface area contributed by atoms with Crippen molar-refractivity contribution in [2.75, 3.05) is 11.4 Å². The van der Waals surface area contributed by atoms with Gasteiger partial charge in [0.25, 0.3) is 5.69 Å². The molecule has 0 N–H and O–H groups in total. The Balaban J connectivity index is 2.34. The number of hydrogen-bond acceptors (Lipinski definition) is 5. The van der Waals surface area contributed by atoms with Gasteiger partial charge >= 0.3 is 0 Å². The zero-order chi connectivity index (χ0) is 14.0. The summed E-state index contributed by atoms with van der Waals surface area (Å²) in [5.41, 5.74) is -0.0630. The third kappa shape index (κ3) is 2.91. The molecule has 1 saturated heterocycles. The lowest BCUT2D eigenvalue weighted by Crippen LogP contribution is -2.44. The molecule has 7 heteroatoms. The van der Waals surface area contributed by atoms with Crippen LogP contribution in [0.15, 0.2) is 16.7 Å². The van der Waals surface area contributed by atoms with Gasteiger partial charge in [0.15, 0.2) is 5.78 Å². The Morgan fingerprint density at radius 3 is 2.89 bits per heavy atom. The van der Waals surface area contributed by atoms with E-state index in [4.69, 9.17) is 0 Å². The second kappa shape index (κ2) is 5.64. The van der Waals surface area contributed by atoms with Crippen molar-refractivity contribution in [2.24, 2.45) is 0 Å². The predicted octanol–water partition coefficient (Wildman–Crippen LogP) is 2.70. The molecule has 1 aromatic rings. The molecule has 2 rings (SSSR count). The summed E-state index contributed by atoms with van der Waals surface area (Å²) < 4.78 is 0.551. The molecule has 0 aromatic carbocycles. The van der Waals surface area contributed by atoms with Gasteiger partial charge in [-0.15, -0.1) is 0 Å². The number of rotatable bonds is 3. The average Bonchev–Trinajstić information content (AvgIpc) is 2.38. The van der Waals surface area contributed by atoms with Gasteiger partial charge in [0.2, 0.25) is 0 Å². The second-order valence-corrected chi connectivity index (χ2v) is 5.43. The molecule has 1 aliphatic heterocycles. The van der Waals surface area contributed by atoms with Crippen LogP contribution in [0.1, 0.15) is 26.2 Å². The van der Waals surface area contributed by atoms with E-state index in [9.17, 15) is 14.9 Å². The summed E-state index contributed by atoms with van der Waals surface area (Å²) in [4.78, 5) is 28.0. The Hall–Kier alpha value is -1.50. The van der Waals surface area contributed by atoms with Crippen molar-refractivity contribution in [3.8, 4) is 0 Å². The van der Waals surface area contributed by atoms with Gasteiger partial charge in [-0.25, -0.2) is 4.98 Å². The maximum Gasteiger partial charge on any atom is 0.288 e. The van der Waals surface area contributed by atoms with E-state index in [1.54, 1.807) is 6.92 Å². The molecule has 1 aliphatic rings. The summed E-state index contributed by atoms with van der Waals surface area (Å²) in [6, 6.07) is 1.24. The summed E-state index contributed by atoms with van der Waals surface area (Å²) in [5, 5.41) is 10.7. The average molecular weight is 328 g/mol. The number of nitro groups is 1. The van der Waals surface area contributed by atoms with Crippen molar-refractivity contribution in [1.29, 1.82) is 0 Å². The first-order valence-corrected chi connectivity index (χ1v) is 6.87. The number of nitrogens with zero attached hydrogens (tertiary/aromatic N) is 3. The van der Waals surface area contributed by atoms with Crippen molar-refractivity contribution >= 4 is 33.2 Å². The van der Waals surface area contributed by atoms with E-state index >= 15 is 0 Å². The highest BCUT2D eigenvalue weighted by Crippen LogP contribution is 2.32. The van der Waals surface area contributed by atoms with Crippen LogP contribution in [0.25, 0.3) is 0 Å². The summed E-state index contributed by atoms with van der Waals surface area (Å²) >= 11 is 3.31. The molecule has 102 valence electrons. The molecular formula is C12H14BrN3O3. The Labute approximate surface area is 119 Å². The van der Waals surface area contributed by atoms with Gasteiger partial charge in [-0.1, -0.05) is 0 Å². The number of carbonyl (C=O) groups excluding carboxylic acids is 1. The van der Waals surface area contributed by atoms with Crippen LogP contribution in [0.4, 0.5) is 11.5 Å². The lowest BCUT2D eigenvalue weighted by atomic mass is 9.99. The molecule has 1 fully saturated rings. The van der Waals surface area contributed by atoms with E-state index in [1.165, 1.54) is 12.3 Å². The van der Waals surface area contributed by atoms with Crippen molar-refractivity contribution in [3.05, 3.63) is 26.9 Å². The molecule has 2 heterocycles. The van der Waals surface area contributed by atoms with Crippen LogP contribution in [-0.4, -0.2) is 28.3 Å². The molecule has 19 heavy (non-hydrogen) atoms. The standard InChI is InChI=1S/C12H14BrN3O3/c1-8(17)11-4-2-3-5-15(11)12-10(13)6-9(7-14-12)16(18)19/h6-7,11H,2-5H2,1H3. The molecule has 0 bridgehead atoms. The first kappa shape index (κ1) is 13.9. The van der Waals surface area contributed by atoms with Crippen LogP contribution < -0.4 is 4.90 Å². The van der Waals surface area contributed by atoms with Crippen LogP contribution in [0, 0.1) is 10.1 Å². The highest BCUT2D eigenvalue weighted by atomic mass is 79.9. The van der Waals surface area contributed by atoms with Gasteiger partial charge in [-0.05, 0) is 42.1 Å². The maximum absolute atomic E-state index is 11.7. The first-order chi connectivity index (χ1) is 9.00. The molecule has 0 radical (unpaired) electrons. The SMILES string of the molecule is CC(=O)C1CCCCN1c1ncc([N+](=O)[O-])cc1Br. The quantitative estimate of drug-likeness (QED) is 0.630. The third-order valence-electron chi connectivity index (χ3n) is 3.26. The highest BCUT2D eigenvalue weighted by Gasteiger charge is 2.28. The van der Waals surface area contributed by atoms with Crippen LogP contribution in [-0.2, 0) is 4.79 Å². The third-order valence-corrected chi connectivity index (χ3v) is 3.85. The molecule has 1 unspecified atom stereocenters. The van der Waals surface area contributed by atoms with E-state index in [0.29, 0.717) is 10.3 Å². The lowest BCUT2D eigenvalue weighted by molar-refractivity contribution is -0.385. The van der Waals surface area contributed by atoms with Gasteiger partial charge in [0.1, 0.15) is 12.0 Å². The van der Waals surface area contributed by atoms with E-state index in [2.05, 4.69) is 20.9 Å². The highest BCUT2D eigenvalue weighted by molar-refractivity contribution is 9.10. The smallest absolute Gasteiger partial charge is 0.288 e. The first-order valence-electron chi connectivity index (χ1n) is 6.07. The number of pyridine rings is 1. The van der Waals surface area contributed by atoms with Gasteiger partial charge in [-0.3, -0.25) is 14.9 Å². The zero-order valence-electron chi connectivity index (χ0n) is 10.5. The molecule has 0 aliphatic carbocycles. The predicted molar refractivity (Wildman–Crippen MR) is 74.3 cm³/mol. The van der Waals surface area contributed by atoms with Gasteiger partial charge in [0, 0.05) is 12.6 Å². The monoisotopic (exact) mass is 327 g/mol. The Morgan fingerprint density at radius 2 is 2.32 bits per heavy atom. The molecule has 0 saturated carbocycles. The zero-order valence-corrected chi connectivity index (χ0v) is 12.1. The van der Waals surface area contributed by atoms with Gasteiger partial charge in [-0.2, -0.15) is 0 Å². The maximum atomic E-state index is 11.7. The Kier molecular flexibility index (Phi) is 4.14. The molecule has 1 aromatic heterocycles. The van der Waals surface area contributed by atoms with E-state index in [1.807, 2.05) is 4.90 Å². The molecule has 0 amide bonds. The summed E-state index contributed by atoms with van der Waals surface area (Å²) in [7, 11) is 0. The number of aromatic nitrogens is 1. The van der Waals surface area contributed by atoms with Gasteiger partial charge < -0.3 is 4.90 Å². The number of piperidine rings is 1. The number of ketones is 1. The second-order valence-electron chi connectivity index (χ2n) is 4.57. The Morgan fingerprint density at radius 1 is 1.58 bits per heavy atom. The minimum absolute atomic E-state index is 0.0630. The molecule has 6 nitrogen and oxygen atoms in total. The fourth-order valence-electron chi connectivity index (χ4n) is 2.34. The normalized spacial score (nSPS) is 19.3. The number of anilines is 1. The van der Waals surface area contributed by atoms with Crippen LogP contribution in [0.5, 0.6) is 0 Å². The minimum Gasteiger partial charge on any atom is -0.346 e. The summed E-state index contributed by atoms with van der Waals surface area (Å²) in [5.74, 6) is 0.706. The molecule has 1 atom stereocenters. The fraction of sp³-hybridized carbons (Fsp3) is 0.500. The van der Waals surface area contributed by atoms with Crippen LogP contribution in [0.3, 0.4) is 0 Å². The largest absolute Gasteiger partial charge is 0.346 e. The minimum atomic E-state index is -0.486. The molecular weight excluding hydrogens is 314 g/mol. The number of Topliss-reactive ketones (excluding diaryl/α,β-unsaturated/α-hetero) is 1. The van der Waals surface area contributed by atoms with Crippen molar-refractivity contribution in [2.45, 2.75) is 32.2 Å². The summed E-state index contributed by atoms with van der Waals surface area (Å²) in [6.45, 7) is 2.32. The number of hydrogen-bond donors (Lipinski definition) is 0. The fourth-order valence-corrected chi connectivity index (χ4v) is 2.90. The number of carbonyl (C=O) groups is 1. The summed E-state index contributed by atoms with van der Waals surface area (Å²) in [6.07, 6.45) is 4.05. The van der Waals surface area contributed by atoms with E-state index in [-0.39, 0.29) is 17.5 Å². The Bertz CT molecular complexity index is 521. The van der Waals surface area contributed by atoms with E-state index in [0.717, 1.165) is 25.8 Å². The van der Waals surface area contributed by atoms with Crippen molar-refractivity contribution in [1.82, 2.24) is 4.98 Å². The van der Waals surface area contributed by atoms with Crippen LogP contribution >= 0.6 is 15.9 Å². The van der Waals surface area contributed by atoms with Crippen molar-refractivity contribution < 1.29 is 9.72 Å². The van der Waals surface area contributed by atoms with Crippen LogP contribution in [0.2, 0.25) is 0 Å². The van der Waals surface area contributed by atoms with Gasteiger partial charge in [0.05, 0.1) is 15.4 Å². The molecule has 0 spiro atoms. The van der Waals surface area contributed by atoms with E-state index < -0.39 is 4.92 Å². The lowest BCUT2D eigenvalue weighted by Gasteiger charge is -2.35.